The minimum atomic E-state index is -0.0983. The Morgan fingerprint density at radius 3 is 2.60 bits per heavy atom. The van der Waals surface area contributed by atoms with E-state index in [-0.39, 0.29) is 24.5 Å². The number of amides is 1. The summed E-state index contributed by atoms with van der Waals surface area (Å²) in [4.78, 5) is 15.0. The van der Waals surface area contributed by atoms with E-state index in [0.29, 0.717) is 24.8 Å². The zero-order valence-electron chi connectivity index (χ0n) is 13.9. The molecule has 0 saturated heterocycles. The molecule has 9 heteroatoms. The van der Waals surface area contributed by atoms with E-state index in [1.165, 1.54) is 11.8 Å². The number of rotatable bonds is 9. The Morgan fingerprint density at radius 2 is 2.04 bits per heavy atom. The van der Waals surface area contributed by atoms with Crippen molar-refractivity contribution in [2.24, 2.45) is 0 Å². The molecule has 0 unspecified atom stereocenters. The number of nitrogens with zero attached hydrogens (tertiary/aromatic N) is 6. The standard InChI is InChI=1S/C16H18N6OS2/c1-2-22-15(13-6-3-11-24-13)19-20-16(22)25-12-14(23)21(9-4-7-17)10-5-8-18/h3,6,11H,2,4-5,9-10,12H2,1H3. The van der Waals surface area contributed by atoms with Crippen LogP contribution in [0, 0.1) is 22.7 Å². The maximum atomic E-state index is 12.4. The number of carbonyl (C=O) groups is 1. The lowest BCUT2D eigenvalue weighted by Crippen LogP contribution is -2.34. The minimum absolute atomic E-state index is 0.0983. The quantitative estimate of drug-likeness (QED) is 0.626. The molecule has 0 radical (unpaired) electrons. The molecule has 0 aliphatic rings. The average Bonchev–Trinajstić information content (AvgIpc) is 3.28. The lowest BCUT2D eigenvalue weighted by Gasteiger charge is -2.20. The molecule has 1 amide bonds. The second-order valence-corrected chi connectivity index (χ2v) is 6.90. The van der Waals surface area contributed by atoms with Gasteiger partial charge in [-0.1, -0.05) is 17.8 Å². The first-order chi connectivity index (χ1) is 12.2. The summed E-state index contributed by atoms with van der Waals surface area (Å²) >= 11 is 2.93. The topological polar surface area (TPSA) is 98.6 Å². The van der Waals surface area contributed by atoms with Crippen molar-refractivity contribution in [3.05, 3.63) is 17.5 Å². The minimum Gasteiger partial charge on any atom is -0.340 e. The first kappa shape index (κ1) is 19.0. The van der Waals surface area contributed by atoms with Crippen LogP contribution in [0.2, 0.25) is 0 Å². The molecule has 0 bridgehead atoms. The summed E-state index contributed by atoms with van der Waals surface area (Å²) in [6.07, 6.45) is 0.519. The third-order valence-electron chi connectivity index (χ3n) is 3.44. The summed E-state index contributed by atoms with van der Waals surface area (Å²) in [6.45, 7) is 3.42. The third kappa shape index (κ3) is 5.05. The largest absolute Gasteiger partial charge is 0.340 e. The van der Waals surface area contributed by atoms with E-state index in [2.05, 4.69) is 10.2 Å². The first-order valence-corrected chi connectivity index (χ1v) is 9.69. The molecule has 2 heterocycles. The summed E-state index contributed by atoms with van der Waals surface area (Å²) in [6, 6.07) is 8.02. The van der Waals surface area contributed by atoms with E-state index in [9.17, 15) is 4.79 Å². The fraction of sp³-hybridized carbons (Fsp3) is 0.438. The summed E-state index contributed by atoms with van der Waals surface area (Å²) in [5, 5.41) is 28.6. The molecular formula is C16H18N6OS2. The van der Waals surface area contributed by atoms with Gasteiger partial charge in [-0.2, -0.15) is 10.5 Å². The van der Waals surface area contributed by atoms with Crippen LogP contribution in [0.25, 0.3) is 10.7 Å². The summed E-state index contributed by atoms with van der Waals surface area (Å²) in [5.41, 5.74) is 0. The van der Waals surface area contributed by atoms with Gasteiger partial charge in [0.1, 0.15) is 0 Å². The molecule has 0 fully saturated rings. The van der Waals surface area contributed by atoms with Crippen LogP contribution >= 0.6 is 23.1 Å². The molecule has 0 aromatic carbocycles. The van der Waals surface area contributed by atoms with E-state index in [4.69, 9.17) is 10.5 Å². The fourth-order valence-electron chi connectivity index (χ4n) is 2.22. The van der Waals surface area contributed by atoms with Crippen LogP contribution in [0.3, 0.4) is 0 Å². The van der Waals surface area contributed by atoms with Crippen molar-refractivity contribution in [1.29, 1.82) is 10.5 Å². The molecule has 0 N–H and O–H groups in total. The number of hydrogen-bond donors (Lipinski definition) is 0. The maximum Gasteiger partial charge on any atom is 0.233 e. The predicted octanol–water partition coefficient (Wildman–Crippen LogP) is 2.77. The van der Waals surface area contributed by atoms with E-state index >= 15 is 0 Å². The number of aromatic nitrogens is 3. The fourth-order valence-corrected chi connectivity index (χ4v) is 3.84. The number of carbonyl (C=O) groups excluding carboxylic acids is 1. The number of thioether (sulfide) groups is 1. The molecule has 0 aliphatic heterocycles. The van der Waals surface area contributed by atoms with E-state index < -0.39 is 0 Å². The normalized spacial score (nSPS) is 10.2. The molecule has 0 atom stereocenters. The van der Waals surface area contributed by atoms with Gasteiger partial charge in [0.15, 0.2) is 11.0 Å². The monoisotopic (exact) mass is 374 g/mol. The number of nitriles is 2. The molecule has 0 aliphatic carbocycles. The maximum absolute atomic E-state index is 12.4. The zero-order chi connectivity index (χ0) is 18.1. The van der Waals surface area contributed by atoms with Gasteiger partial charge in [-0.3, -0.25) is 4.79 Å². The number of hydrogen-bond acceptors (Lipinski definition) is 7. The Kier molecular flexibility index (Phi) is 7.45. The first-order valence-electron chi connectivity index (χ1n) is 7.82. The lowest BCUT2D eigenvalue weighted by atomic mass is 10.3. The Bertz CT molecular complexity index is 754. The molecular weight excluding hydrogens is 356 g/mol. The Morgan fingerprint density at radius 1 is 1.32 bits per heavy atom. The molecule has 0 spiro atoms. The average molecular weight is 374 g/mol. The van der Waals surface area contributed by atoms with Crippen molar-refractivity contribution in [2.75, 3.05) is 18.8 Å². The molecule has 25 heavy (non-hydrogen) atoms. The summed E-state index contributed by atoms with van der Waals surface area (Å²) in [5.74, 6) is 0.913. The van der Waals surface area contributed by atoms with Crippen LogP contribution in [-0.2, 0) is 11.3 Å². The van der Waals surface area contributed by atoms with Gasteiger partial charge in [0.05, 0.1) is 35.6 Å². The van der Waals surface area contributed by atoms with Crippen molar-refractivity contribution in [2.45, 2.75) is 31.5 Å². The predicted molar refractivity (Wildman–Crippen MR) is 96.8 cm³/mol. The third-order valence-corrected chi connectivity index (χ3v) is 5.26. The van der Waals surface area contributed by atoms with E-state index in [0.717, 1.165) is 10.7 Å². The molecule has 130 valence electrons. The van der Waals surface area contributed by atoms with Gasteiger partial charge in [-0.05, 0) is 18.4 Å². The van der Waals surface area contributed by atoms with Crippen LogP contribution in [0.15, 0.2) is 22.7 Å². The van der Waals surface area contributed by atoms with Gasteiger partial charge in [0.25, 0.3) is 0 Å². The van der Waals surface area contributed by atoms with Crippen molar-refractivity contribution >= 4 is 29.0 Å². The highest BCUT2D eigenvalue weighted by Crippen LogP contribution is 2.27. The Hall–Kier alpha value is -2.36. The summed E-state index contributed by atoms with van der Waals surface area (Å²) < 4.78 is 1.98. The van der Waals surface area contributed by atoms with Crippen LogP contribution in [0.1, 0.15) is 19.8 Å². The second-order valence-electron chi connectivity index (χ2n) is 5.01. The number of thiophene rings is 1. The van der Waals surface area contributed by atoms with Gasteiger partial charge in [-0.25, -0.2) is 0 Å². The Labute approximate surface area is 154 Å². The molecule has 2 aromatic heterocycles. The SMILES string of the molecule is CCn1c(SCC(=O)N(CCC#N)CCC#N)nnc1-c1cccs1. The van der Waals surface area contributed by atoms with Crippen LogP contribution in [-0.4, -0.2) is 44.4 Å². The van der Waals surface area contributed by atoms with E-state index in [1.54, 1.807) is 16.2 Å². The van der Waals surface area contributed by atoms with Crippen molar-refractivity contribution in [1.82, 2.24) is 19.7 Å². The highest BCUT2D eigenvalue weighted by molar-refractivity contribution is 7.99. The van der Waals surface area contributed by atoms with Crippen molar-refractivity contribution in [3.8, 4) is 22.8 Å². The molecule has 2 aromatic rings. The van der Waals surface area contributed by atoms with Gasteiger partial charge >= 0.3 is 0 Å². The smallest absolute Gasteiger partial charge is 0.233 e. The summed E-state index contributed by atoms with van der Waals surface area (Å²) in [7, 11) is 0. The van der Waals surface area contributed by atoms with Crippen LogP contribution in [0.4, 0.5) is 0 Å². The Balaban J connectivity index is 2.03. The molecule has 7 nitrogen and oxygen atoms in total. The highest BCUT2D eigenvalue weighted by Gasteiger charge is 2.18. The van der Waals surface area contributed by atoms with Crippen molar-refractivity contribution in [3.63, 3.8) is 0 Å². The zero-order valence-corrected chi connectivity index (χ0v) is 15.5. The van der Waals surface area contributed by atoms with E-state index in [1.807, 2.05) is 41.1 Å². The lowest BCUT2D eigenvalue weighted by molar-refractivity contribution is -0.128. The van der Waals surface area contributed by atoms with Gasteiger partial charge in [0, 0.05) is 19.6 Å². The second kappa shape index (κ2) is 9.82. The van der Waals surface area contributed by atoms with Gasteiger partial charge < -0.3 is 9.47 Å². The van der Waals surface area contributed by atoms with Gasteiger partial charge in [0.2, 0.25) is 5.91 Å². The van der Waals surface area contributed by atoms with Crippen LogP contribution in [0.5, 0.6) is 0 Å². The van der Waals surface area contributed by atoms with Crippen LogP contribution < -0.4 is 0 Å². The molecule has 0 saturated carbocycles. The van der Waals surface area contributed by atoms with Crippen molar-refractivity contribution < 1.29 is 4.79 Å². The molecule has 2 rings (SSSR count). The van der Waals surface area contributed by atoms with Gasteiger partial charge in [-0.15, -0.1) is 21.5 Å². The highest BCUT2D eigenvalue weighted by atomic mass is 32.2.